The van der Waals surface area contributed by atoms with Crippen molar-refractivity contribution in [2.75, 3.05) is 0 Å². The van der Waals surface area contributed by atoms with Gasteiger partial charge in [-0.15, -0.1) is 11.3 Å². The van der Waals surface area contributed by atoms with Gasteiger partial charge in [-0.1, -0.05) is 12.1 Å². The van der Waals surface area contributed by atoms with Gasteiger partial charge in [0.05, 0.1) is 16.3 Å². The number of thiazole rings is 1. The standard InChI is InChI=1S/C12H14N2S/c1-8-6-7-10(13-8)12-14-9-4-2-3-5-11(9)15-12/h2-5,8,10,13H,6-7H2,1H3. The quantitative estimate of drug-likeness (QED) is 0.795. The third kappa shape index (κ3) is 1.66. The molecule has 2 atom stereocenters. The van der Waals surface area contributed by atoms with Crippen molar-refractivity contribution in [1.82, 2.24) is 10.3 Å². The summed E-state index contributed by atoms with van der Waals surface area (Å²) in [6.07, 6.45) is 2.49. The molecule has 2 unspecified atom stereocenters. The molecule has 1 aliphatic rings. The summed E-state index contributed by atoms with van der Waals surface area (Å²) in [4.78, 5) is 4.69. The molecule has 3 rings (SSSR count). The number of nitrogens with one attached hydrogen (secondary N) is 1. The number of para-hydroxylation sites is 1. The van der Waals surface area contributed by atoms with E-state index in [-0.39, 0.29) is 0 Å². The third-order valence-electron chi connectivity index (χ3n) is 2.98. The Morgan fingerprint density at radius 1 is 1.33 bits per heavy atom. The summed E-state index contributed by atoms with van der Waals surface area (Å²) in [5.74, 6) is 0. The van der Waals surface area contributed by atoms with Gasteiger partial charge in [0.1, 0.15) is 5.01 Å². The van der Waals surface area contributed by atoms with Crippen LogP contribution in [0.4, 0.5) is 0 Å². The molecule has 0 saturated carbocycles. The summed E-state index contributed by atoms with van der Waals surface area (Å²) < 4.78 is 1.30. The molecule has 3 heteroatoms. The normalized spacial score (nSPS) is 26.2. The Balaban J connectivity index is 1.98. The second-order valence-electron chi connectivity index (χ2n) is 4.22. The highest BCUT2D eigenvalue weighted by molar-refractivity contribution is 7.18. The van der Waals surface area contributed by atoms with Crippen molar-refractivity contribution in [2.24, 2.45) is 0 Å². The molecule has 1 aliphatic heterocycles. The van der Waals surface area contributed by atoms with Crippen LogP contribution < -0.4 is 5.32 Å². The van der Waals surface area contributed by atoms with Crippen LogP contribution in [-0.2, 0) is 0 Å². The maximum atomic E-state index is 4.69. The molecule has 1 aromatic carbocycles. The molecule has 0 amide bonds. The zero-order valence-corrected chi connectivity index (χ0v) is 9.55. The molecule has 2 aromatic rings. The second-order valence-corrected chi connectivity index (χ2v) is 5.28. The molecular formula is C12H14N2S. The van der Waals surface area contributed by atoms with E-state index in [1.807, 2.05) is 11.3 Å². The average molecular weight is 218 g/mol. The van der Waals surface area contributed by atoms with Crippen LogP contribution in [0.2, 0.25) is 0 Å². The lowest BCUT2D eigenvalue weighted by Gasteiger charge is -2.07. The van der Waals surface area contributed by atoms with Crippen LogP contribution in [-0.4, -0.2) is 11.0 Å². The SMILES string of the molecule is CC1CCC(c2nc3ccccc3s2)N1. The van der Waals surface area contributed by atoms with Gasteiger partial charge in [0.15, 0.2) is 0 Å². The first-order valence-electron chi connectivity index (χ1n) is 5.44. The van der Waals surface area contributed by atoms with E-state index in [1.165, 1.54) is 22.5 Å². The summed E-state index contributed by atoms with van der Waals surface area (Å²) >= 11 is 1.82. The van der Waals surface area contributed by atoms with Crippen molar-refractivity contribution in [1.29, 1.82) is 0 Å². The maximum absolute atomic E-state index is 4.69. The molecule has 0 bridgehead atoms. The summed E-state index contributed by atoms with van der Waals surface area (Å²) in [6.45, 7) is 2.24. The zero-order chi connectivity index (χ0) is 10.3. The van der Waals surface area contributed by atoms with Crippen molar-refractivity contribution < 1.29 is 0 Å². The first-order valence-corrected chi connectivity index (χ1v) is 6.26. The highest BCUT2D eigenvalue weighted by atomic mass is 32.1. The minimum atomic E-state index is 0.484. The predicted octanol–water partition coefficient (Wildman–Crippen LogP) is 3.11. The Morgan fingerprint density at radius 2 is 2.20 bits per heavy atom. The Kier molecular flexibility index (Phi) is 2.22. The molecule has 0 radical (unpaired) electrons. The van der Waals surface area contributed by atoms with E-state index in [2.05, 4.69) is 41.5 Å². The number of fused-ring (bicyclic) bond motifs is 1. The van der Waals surface area contributed by atoms with Gasteiger partial charge >= 0.3 is 0 Å². The topological polar surface area (TPSA) is 24.9 Å². The van der Waals surface area contributed by atoms with E-state index in [4.69, 9.17) is 0 Å². The average Bonchev–Trinajstić information content (AvgIpc) is 2.82. The summed E-state index contributed by atoms with van der Waals surface area (Å²) in [6, 6.07) is 9.49. The minimum Gasteiger partial charge on any atom is -0.305 e. The molecule has 15 heavy (non-hydrogen) atoms. The van der Waals surface area contributed by atoms with Crippen LogP contribution in [0, 0.1) is 0 Å². The van der Waals surface area contributed by atoms with Crippen molar-refractivity contribution in [3.8, 4) is 0 Å². The number of rotatable bonds is 1. The first-order chi connectivity index (χ1) is 7.33. The highest BCUT2D eigenvalue weighted by Crippen LogP contribution is 2.32. The number of aromatic nitrogens is 1. The fourth-order valence-corrected chi connectivity index (χ4v) is 3.22. The zero-order valence-electron chi connectivity index (χ0n) is 8.73. The Labute approximate surface area is 93.3 Å². The highest BCUT2D eigenvalue weighted by Gasteiger charge is 2.24. The van der Waals surface area contributed by atoms with E-state index in [9.17, 15) is 0 Å². The van der Waals surface area contributed by atoms with Gasteiger partial charge in [0.2, 0.25) is 0 Å². The molecule has 0 aliphatic carbocycles. The summed E-state index contributed by atoms with van der Waals surface area (Å²) in [7, 11) is 0. The number of hydrogen-bond donors (Lipinski definition) is 1. The fourth-order valence-electron chi connectivity index (χ4n) is 2.16. The maximum Gasteiger partial charge on any atom is 0.111 e. The lowest BCUT2D eigenvalue weighted by Crippen LogP contribution is -2.20. The Bertz CT molecular complexity index is 444. The molecule has 1 aromatic heterocycles. The minimum absolute atomic E-state index is 0.484. The van der Waals surface area contributed by atoms with Crippen molar-refractivity contribution in [3.05, 3.63) is 29.3 Å². The van der Waals surface area contributed by atoms with Gasteiger partial charge in [-0.25, -0.2) is 4.98 Å². The van der Waals surface area contributed by atoms with E-state index in [0.29, 0.717) is 12.1 Å². The van der Waals surface area contributed by atoms with Crippen molar-refractivity contribution in [3.63, 3.8) is 0 Å². The summed E-state index contributed by atoms with van der Waals surface area (Å²) in [5.41, 5.74) is 1.14. The largest absolute Gasteiger partial charge is 0.305 e. The number of benzene rings is 1. The molecule has 1 fully saturated rings. The van der Waals surface area contributed by atoms with Crippen LogP contribution in [0.1, 0.15) is 30.8 Å². The monoisotopic (exact) mass is 218 g/mol. The molecule has 1 saturated heterocycles. The van der Waals surface area contributed by atoms with Gasteiger partial charge in [-0.05, 0) is 31.9 Å². The Hall–Kier alpha value is -0.930. The van der Waals surface area contributed by atoms with E-state index in [1.54, 1.807) is 0 Å². The molecule has 2 heterocycles. The lowest BCUT2D eigenvalue weighted by atomic mass is 10.2. The second kappa shape index (κ2) is 3.58. The van der Waals surface area contributed by atoms with Crippen molar-refractivity contribution >= 4 is 21.6 Å². The van der Waals surface area contributed by atoms with Crippen LogP contribution in [0.25, 0.3) is 10.2 Å². The molecular weight excluding hydrogens is 204 g/mol. The number of hydrogen-bond acceptors (Lipinski definition) is 3. The van der Waals surface area contributed by atoms with Crippen molar-refractivity contribution in [2.45, 2.75) is 31.8 Å². The van der Waals surface area contributed by atoms with Gasteiger partial charge in [-0.3, -0.25) is 0 Å². The summed E-state index contributed by atoms with van der Waals surface area (Å²) in [5, 5.41) is 4.83. The van der Waals surface area contributed by atoms with E-state index in [0.717, 1.165) is 5.52 Å². The van der Waals surface area contributed by atoms with Gasteiger partial charge in [0.25, 0.3) is 0 Å². The predicted molar refractivity (Wildman–Crippen MR) is 64.2 cm³/mol. The molecule has 78 valence electrons. The molecule has 2 nitrogen and oxygen atoms in total. The van der Waals surface area contributed by atoms with Crippen LogP contribution >= 0.6 is 11.3 Å². The molecule has 0 spiro atoms. The third-order valence-corrected chi connectivity index (χ3v) is 4.13. The van der Waals surface area contributed by atoms with Gasteiger partial charge < -0.3 is 5.32 Å². The molecule has 1 N–H and O–H groups in total. The number of nitrogens with zero attached hydrogens (tertiary/aromatic N) is 1. The Morgan fingerprint density at radius 3 is 2.93 bits per heavy atom. The van der Waals surface area contributed by atoms with E-state index < -0.39 is 0 Å². The van der Waals surface area contributed by atoms with Gasteiger partial charge in [0, 0.05) is 6.04 Å². The fraction of sp³-hybridized carbons (Fsp3) is 0.417. The van der Waals surface area contributed by atoms with Crippen LogP contribution in [0.3, 0.4) is 0 Å². The van der Waals surface area contributed by atoms with E-state index >= 15 is 0 Å². The first kappa shape index (κ1) is 9.31. The lowest BCUT2D eigenvalue weighted by molar-refractivity contribution is 0.583. The van der Waals surface area contributed by atoms with Gasteiger partial charge in [-0.2, -0.15) is 0 Å². The smallest absolute Gasteiger partial charge is 0.111 e. The van der Waals surface area contributed by atoms with Crippen LogP contribution in [0.15, 0.2) is 24.3 Å². The van der Waals surface area contributed by atoms with Crippen LogP contribution in [0.5, 0.6) is 0 Å².